The Morgan fingerprint density at radius 2 is 2.35 bits per heavy atom. The summed E-state index contributed by atoms with van der Waals surface area (Å²) in [5.74, 6) is 0.479. The van der Waals surface area contributed by atoms with E-state index in [-0.39, 0.29) is 12.3 Å². The number of carbonyl (C=O) groups is 1. The highest BCUT2D eigenvalue weighted by molar-refractivity contribution is 7.09. The van der Waals surface area contributed by atoms with E-state index in [4.69, 9.17) is 5.73 Å². The van der Waals surface area contributed by atoms with Crippen LogP contribution in [0.15, 0.2) is 23.7 Å². The standard InChI is InChI=1S/C14H18N4OS/c1-10-4-6-16-12(7-10)18-13(19)8-11-9-20-14(17-11)3-2-5-15/h4,6-7,9H,2-3,5,8,15H2,1H3,(H,16,18,19). The number of amides is 1. The predicted molar refractivity (Wildman–Crippen MR) is 80.8 cm³/mol. The minimum atomic E-state index is -0.0984. The van der Waals surface area contributed by atoms with Crippen LogP contribution in [0.5, 0.6) is 0 Å². The highest BCUT2D eigenvalue weighted by Crippen LogP contribution is 2.13. The zero-order valence-corrected chi connectivity index (χ0v) is 12.2. The summed E-state index contributed by atoms with van der Waals surface area (Å²) in [4.78, 5) is 20.4. The number of aryl methyl sites for hydroxylation is 2. The third-order valence-corrected chi connectivity index (χ3v) is 3.68. The van der Waals surface area contributed by atoms with Crippen LogP contribution in [0, 0.1) is 6.92 Å². The van der Waals surface area contributed by atoms with Crippen LogP contribution in [0.4, 0.5) is 5.82 Å². The van der Waals surface area contributed by atoms with Gasteiger partial charge in [0.2, 0.25) is 5.91 Å². The molecule has 106 valence electrons. The molecular weight excluding hydrogens is 272 g/mol. The minimum absolute atomic E-state index is 0.0984. The minimum Gasteiger partial charge on any atom is -0.330 e. The number of carbonyl (C=O) groups excluding carboxylic acids is 1. The summed E-state index contributed by atoms with van der Waals surface area (Å²) in [6.07, 6.45) is 3.75. The van der Waals surface area contributed by atoms with E-state index in [1.54, 1.807) is 17.5 Å². The average molecular weight is 290 g/mol. The van der Waals surface area contributed by atoms with Crippen molar-refractivity contribution in [1.29, 1.82) is 0 Å². The Labute approximate surface area is 122 Å². The molecule has 20 heavy (non-hydrogen) atoms. The SMILES string of the molecule is Cc1ccnc(NC(=O)Cc2csc(CCCN)n2)c1. The van der Waals surface area contributed by atoms with Gasteiger partial charge in [-0.3, -0.25) is 4.79 Å². The molecule has 0 saturated heterocycles. The van der Waals surface area contributed by atoms with Crippen molar-refractivity contribution in [1.82, 2.24) is 9.97 Å². The van der Waals surface area contributed by atoms with E-state index in [2.05, 4.69) is 15.3 Å². The quantitative estimate of drug-likeness (QED) is 0.851. The molecule has 0 spiro atoms. The molecule has 1 amide bonds. The molecule has 0 aliphatic carbocycles. The van der Waals surface area contributed by atoms with Gasteiger partial charge in [0.05, 0.1) is 17.1 Å². The third-order valence-electron chi connectivity index (χ3n) is 2.72. The van der Waals surface area contributed by atoms with Gasteiger partial charge < -0.3 is 11.1 Å². The first-order valence-corrected chi connectivity index (χ1v) is 7.41. The highest BCUT2D eigenvalue weighted by Gasteiger charge is 2.08. The first-order chi connectivity index (χ1) is 9.67. The number of aromatic nitrogens is 2. The van der Waals surface area contributed by atoms with Gasteiger partial charge in [0.1, 0.15) is 5.82 Å². The molecular formula is C14H18N4OS. The molecule has 0 bridgehead atoms. The summed E-state index contributed by atoms with van der Waals surface area (Å²) < 4.78 is 0. The van der Waals surface area contributed by atoms with Gasteiger partial charge in [-0.15, -0.1) is 11.3 Å². The van der Waals surface area contributed by atoms with Crippen LogP contribution in [0.1, 0.15) is 22.7 Å². The molecule has 6 heteroatoms. The zero-order valence-electron chi connectivity index (χ0n) is 11.4. The third kappa shape index (κ3) is 4.40. The van der Waals surface area contributed by atoms with Crippen molar-refractivity contribution in [2.24, 2.45) is 5.73 Å². The molecule has 0 unspecified atom stereocenters. The van der Waals surface area contributed by atoms with Crippen LogP contribution in [0.25, 0.3) is 0 Å². The molecule has 0 aliphatic rings. The fraction of sp³-hybridized carbons (Fsp3) is 0.357. The van der Waals surface area contributed by atoms with Crippen molar-refractivity contribution in [3.8, 4) is 0 Å². The molecule has 0 aromatic carbocycles. The number of anilines is 1. The molecule has 0 fully saturated rings. The van der Waals surface area contributed by atoms with Gasteiger partial charge in [-0.05, 0) is 37.6 Å². The Morgan fingerprint density at radius 3 is 3.10 bits per heavy atom. The van der Waals surface area contributed by atoms with Crippen LogP contribution < -0.4 is 11.1 Å². The maximum atomic E-state index is 11.9. The molecule has 0 radical (unpaired) electrons. The zero-order chi connectivity index (χ0) is 14.4. The van der Waals surface area contributed by atoms with Crippen LogP contribution in [0.2, 0.25) is 0 Å². The Bertz CT molecular complexity index is 582. The lowest BCUT2D eigenvalue weighted by Gasteiger charge is -2.03. The van der Waals surface area contributed by atoms with E-state index in [1.165, 1.54) is 0 Å². The van der Waals surface area contributed by atoms with Gasteiger partial charge in [-0.25, -0.2) is 9.97 Å². The van der Waals surface area contributed by atoms with Gasteiger partial charge in [-0.1, -0.05) is 0 Å². The fourth-order valence-corrected chi connectivity index (χ4v) is 2.59. The normalized spacial score (nSPS) is 10.5. The van der Waals surface area contributed by atoms with Crippen LogP contribution in [-0.2, 0) is 17.6 Å². The van der Waals surface area contributed by atoms with Crippen molar-refractivity contribution in [2.75, 3.05) is 11.9 Å². The van der Waals surface area contributed by atoms with Gasteiger partial charge in [0, 0.05) is 18.0 Å². The monoisotopic (exact) mass is 290 g/mol. The highest BCUT2D eigenvalue weighted by atomic mass is 32.1. The number of thiazole rings is 1. The maximum Gasteiger partial charge on any atom is 0.231 e. The number of nitrogens with zero attached hydrogens (tertiary/aromatic N) is 2. The summed E-state index contributed by atoms with van der Waals surface area (Å²) >= 11 is 1.58. The van der Waals surface area contributed by atoms with Crippen molar-refractivity contribution < 1.29 is 4.79 Å². The number of hydrogen-bond acceptors (Lipinski definition) is 5. The van der Waals surface area contributed by atoms with Crippen molar-refractivity contribution in [3.63, 3.8) is 0 Å². The average Bonchev–Trinajstić information content (AvgIpc) is 2.83. The number of nitrogens with one attached hydrogen (secondary N) is 1. The smallest absolute Gasteiger partial charge is 0.231 e. The van der Waals surface area contributed by atoms with E-state index in [9.17, 15) is 4.79 Å². The van der Waals surface area contributed by atoms with Crippen LogP contribution in [-0.4, -0.2) is 22.4 Å². The maximum absolute atomic E-state index is 11.9. The summed E-state index contributed by atoms with van der Waals surface area (Å²) in [5, 5.41) is 5.74. The molecule has 0 saturated carbocycles. The predicted octanol–water partition coefficient (Wildman–Crippen LogP) is 1.92. The number of rotatable bonds is 6. The van der Waals surface area contributed by atoms with Gasteiger partial charge in [-0.2, -0.15) is 0 Å². The van der Waals surface area contributed by atoms with E-state index in [0.29, 0.717) is 12.4 Å². The van der Waals surface area contributed by atoms with E-state index < -0.39 is 0 Å². The van der Waals surface area contributed by atoms with Crippen LogP contribution in [0.3, 0.4) is 0 Å². The molecule has 2 rings (SSSR count). The second-order valence-corrected chi connectivity index (χ2v) is 5.51. The second-order valence-electron chi connectivity index (χ2n) is 4.57. The van der Waals surface area contributed by atoms with E-state index >= 15 is 0 Å². The van der Waals surface area contributed by atoms with Gasteiger partial charge in [0.15, 0.2) is 0 Å². The first kappa shape index (κ1) is 14.6. The molecule has 5 nitrogen and oxygen atoms in total. The Hall–Kier alpha value is -1.79. The summed E-state index contributed by atoms with van der Waals surface area (Å²) in [6.45, 7) is 2.62. The van der Waals surface area contributed by atoms with Gasteiger partial charge >= 0.3 is 0 Å². The fourth-order valence-electron chi connectivity index (χ4n) is 1.75. The Morgan fingerprint density at radius 1 is 1.50 bits per heavy atom. The first-order valence-electron chi connectivity index (χ1n) is 6.53. The molecule has 2 heterocycles. The number of nitrogens with two attached hydrogens (primary N) is 1. The van der Waals surface area contributed by atoms with E-state index in [1.807, 2.05) is 24.4 Å². The van der Waals surface area contributed by atoms with E-state index in [0.717, 1.165) is 29.1 Å². The summed E-state index contributed by atoms with van der Waals surface area (Å²) in [6, 6.07) is 3.73. The lowest BCUT2D eigenvalue weighted by atomic mass is 10.3. The molecule has 0 aliphatic heterocycles. The number of hydrogen-bond donors (Lipinski definition) is 2. The Balaban J connectivity index is 1.89. The van der Waals surface area contributed by atoms with Crippen molar-refractivity contribution in [2.45, 2.75) is 26.2 Å². The van der Waals surface area contributed by atoms with Crippen molar-refractivity contribution >= 4 is 23.1 Å². The lowest BCUT2D eigenvalue weighted by molar-refractivity contribution is -0.115. The topological polar surface area (TPSA) is 80.9 Å². The molecule has 2 aromatic heterocycles. The summed E-state index contributed by atoms with van der Waals surface area (Å²) in [5.41, 5.74) is 7.33. The molecule has 3 N–H and O–H groups in total. The summed E-state index contributed by atoms with van der Waals surface area (Å²) in [7, 11) is 0. The second kappa shape index (κ2) is 7.12. The number of pyridine rings is 1. The largest absolute Gasteiger partial charge is 0.330 e. The molecule has 0 atom stereocenters. The van der Waals surface area contributed by atoms with Crippen molar-refractivity contribution in [3.05, 3.63) is 40.0 Å². The Kier molecular flexibility index (Phi) is 5.20. The lowest BCUT2D eigenvalue weighted by Crippen LogP contribution is -2.15. The molecule has 2 aromatic rings. The van der Waals surface area contributed by atoms with Gasteiger partial charge in [0.25, 0.3) is 0 Å². The van der Waals surface area contributed by atoms with Crippen LogP contribution >= 0.6 is 11.3 Å².